The summed E-state index contributed by atoms with van der Waals surface area (Å²) >= 11 is 6.37. The largest absolute Gasteiger partial charge is 0.281 e. The molecule has 6 nitrogen and oxygen atoms in total. The van der Waals surface area contributed by atoms with E-state index in [0.717, 1.165) is 6.20 Å². The summed E-state index contributed by atoms with van der Waals surface area (Å²) in [4.78, 5) is 8.01. The van der Waals surface area contributed by atoms with Crippen molar-refractivity contribution in [3.8, 4) is 0 Å². The first-order chi connectivity index (χ1) is 10.0. The van der Waals surface area contributed by atoms with Crippen LogP contribution in [0.15, 0.2) is 33.5 Å². The number of nitrogens with one attached hydrogen (secondary N) is 2. The van der Waals surface area contributed by atoms with Crippen LogP contribution in [0.3, 0.4) is 0 Å². The lowest BCUT2D eigenvalue weighted by Crippen LogP contribution is -2.12. The molecule has 0 bridgehead atoms. The van der Waals surface area contributed by atoms with Crippen molar-refractivity contribution in [2.75, 3.05) is 10.9 Å². The van der Waals surface area contributed by atoms with Gasteiger partial charge in [-0.2, -0.15) is 4.98 Å². The van der Waals surface area contributed by atoms with E-state index < -0.39 is 11.6 Å². The highest BCUT2D eigenvalue weighted by Gasteiger charge is 2.09. The molecule has 0 fully saturated rings. The number of nitrogens with zero attached hydrogens (tertiary/aromatic N) is 4. The van der Waals surface area contributed by atoms with Crippen LogP contribution in [0.1, 0.15) is 0 Å². The second kappa shape index (κ2) is 5.53. The van der Waals surface area contributed by atoms with Crippen molar-refractivity contribution in [1.29, 1.82) is 0 Å². The molecule has 0 saturated carbocycles. The molecule has 0 aliphatic carbocycles. The van der Waals surface area contributed by atoms with Gasteiger partial charge in [0.25, 0.3) is 5.95 Å². The van der Waals surface area contributed by atoms with Gasteiger partial charge in [-0.05, 0) is 44.0 Å². The lowest BCUT2D eigenvalue weighted by atomic mass is 10.4. The summed E-state index contributed by atoms with van der Waals surface area (Å²) in [6.45, 7) is 0. The van der Waals surface area contributed by atoms with Crippen molar-refractivity contribution in [2.24, 2.45) is 0 Å². The second-order valence-corrected chi connectivity index (χ2v) is 5.65. The van der Waals surface area contributed by atoms with E-state index in [1.54, 1.807) is 0 Å². The third-order valence-electron chi connectivity index (χ3n) is 2.46. The minimum atomic E-state index is -0.460. The molecule has 21 heavy (non-hydrogen) atoms. The molecule has 0 saturated heterocycles. The Morgan fingerprint density at radius 2 is 1.81 bits per heavy atom. The third-order valence-corrected chi connectivity index (χ3v) is 3.64. The Hall–Kier alpha value is -1.81. The average molecular weight is 420 g/mol. The summed E-state index contributed by atoms with van der Waals surface area (Å²) < 4.78 is 28.4. The fourth-order valence-corrected chi connectivity index (χ4v) is 2.50. The average Bonchev–Trinajstić information content (AvgIpc) is 2.81. The van der Waals surface area contributed by atoms with E-state index in [-0.39, 0.29) is 5.95 Å². The molecule has 0 unspecified atom stereocenters. The number of rotatable bonds is 3. The zero-order valence-corrected chi connectivity index (χ0v) is 13.3. The van der Waals surface area contributed by atoms with Gasteiger partial charge in [0.15, 0.2) is 11.5 Å². The van der Waals surface area contributed by atoms with Crippen molar-refractivity contribution < 1.29 is 8.78 Å². The third kappa shape index (κ3) is 2.95. The van der Waals surface area contributed by atoms with Crippen molar-refractivity contribution >= 4 is 49.3 Å². The number of fused-ring (bicyclic) bond motifs is 1. The van der Waals surface area contributed by atoms with Crippen molar-refractivity contribution in [3.05, 3.63) is 45.1 Å². The summed E-state index contributed by atoms with van der Waals surface area (Å²) in [5, 5.41) is 4.04. The molecule has 0 amide bonds. The molecule has 0 aliphatic rings. The van der Waals surface area contributed by atoms with Crippen LogP contribution in [0.5, 0.6) is 0 Å². The lowest BCUT2D eigenvalue weighted by molar-refractivity contribution is 0.613. The number of hydrogen-bond donors (Lipinski definition) is 2. The van der Waals surface area contributed by atoms with Gasteiger partial charge in [-0.3, -0.25) is 10.9 Å². The van der Waals surface area contributed by atoms with E-state index in [2.05, 4.69) is 57.8 Å². The van der Waals surface area contributed by atoms with Crippen LogP contribution in [0.25, 0.3) is 5.65 Å². The number of pyridine rings is 2. The molecule has 3 rings (SSSR count). The predicted molar refractivity (Wildman–Crippen MR) is 79.8 cm³/mol. The van der Waals surface area contributed by atoms with E-state index in [0.29, 0.717) is 20.4 Å². The molecule has 3 heterocycles. The maximum Gasteiger partial charge on any atom is 0.261 e. The Morgan fingerprint density at radius 3 is 2.57 bits per heavy atom. The van der Waals surface area contributed by atoms with Crippen molar-refractivity contribution in [3.63, 3.8) is 0 Å². The number of anilines is 2. The van der Waals surface area contributed by atoms with Crippen LogP contribution in [-0.2, 0) is 0 Å². The molecule has 0 atom stereocenters. The molecule has 0 aliphatic heterocycles. The van der Waals surface area contributed by atoms with Gasteiger partial charge in [0.2, 0.25) is 0 Å². The van der Waals surface area contributed by atoms with Gasteiger partial charge in [-0.25, -0.2) is 18.3 Å². The Bertz CT molecular complexity index is 822. The van der Waals surface area contributed by atoms with Crippen LogP contribution in [-0.4, -0.2) is 19.6 Å². The number of aromatic nitrogens is 4. The smallest absolute Gasteiger partial charge is 0.261 e. The molecule has 10 heteroatoms. The molecular weight excluding hydrogens is 414 g/mol. The monoisotopic (exact) mass is 418 g/mol. The second-order valence-electron chi connectivity index (χ2n) is 3.94. The number of hydrazine groups is 1. The molecule has 3 aromatic heterocycles. The highest BCUT2D eigenvalue weighted by molar-refractivity contribution is 9.11. The highest BCUT2D eigenvalue weighted by Crippen LogP contribution is 2.21. The maximum atomic E-state index is 13.2. The van der Waals surface area contributed by atoms with Gasteiger partial charge in [0.1, 0.15) is 11.6 Å². The van der Waals surface area contributed by atoms with E-state index in [1.165, 1.54) is 22.8 Å². The van der Waals surface area contributed by atoms with E-state index in [1.807, 2.05) is 0 Å². The standard InChI is InChI=1S/C11H6Br2F2N6/c12-7-1-5(14)3-16-9(7)18-19-11-17-10-8(13)2-6(15)4-21(10)20-11/h1-4H,(H,16,18)(H,19,20). The highest BCUT2D eigenvalue weighted by atomic mass is 79.9. The summed E-state index contributed by atoms with van der Waals surface area (Å²) in [6.07, 6.45) is 2.27. The van der Waals surface area contributed by atoms with Crippen LogP contribution in [0, 0.1) is 11.6 Å². The minimum absolute atomic E-state index is 0.208. The first kappa shape index (κ1) is 14.1. The normalized spacial score (nSPS) is 10.9. The fraction of sp³-hybridized carbons (Fsp3) is 0. The minimum Gasteiger partial charge on any atom is -0.281 e. The van der Waals surface area contributed by atoms with Crippen molar-refractivity contribution in [2.45, 2.75) is 0 Å². The Labute approximate surface area is 133 Å². The van der Waals surface area contributed by atoms with Crippen LogP contribution < -0.4 is 10.9 Å². The van der Waals surface area contributed by atoms with Gasteiger partial charge in [0.05, 0.1) is 21.3 Å². The molecule has 0 radical (unpaired) electrons. The molecule has 0 aromatic carbocycles. The lowest BCUT2D eigenvalue weighted by Gasteiger charge is -2.06. The Morgan fingerprint density at radius 1 is 1.05 bits per heavy atom. The molecular formula is C11H6Br2F2N6. The molecule has 108 valence electrons. The first-order valence-corrected chi connectivity index (χ1v) is 7.16. The van der Waals surface area contributed by atoms with Crippen LogP contribution in [0.4, 0.5) is 20.5 Å². The summed E-state index contributed by atoms with van der Waals surface area (Å²) in [5.41, 5.74) is 5.89. The van der Waals surface area contributed by atoms with Crippen LogP contribution in [0.2, 0.25) is 0 Å². The van der Waals surface area contributed by atoms with Gasteiger partial charge in [-0.15, -0.1) is 5.10 Å². The predicted octanol–water partition coefficient (Wildman–Crippen LogP) is 3.37. The van der Waals surface area contributed by atoms with Gasteiger partial charge >= 0.3 is 0 Å². The SMILES string of the molecule is Fc1cnc(NNc2nc3c(Br)cc(F)cn3n2)c(Br)c1. The molecule has 2 N–H and O–H groups in total. The zero-order chi connectivity index (χ0) is 15.0. The topological polar surface area (TPSA) is 67.1 Å². The van der Waals surface area contributed by atoms with Crippen LogP contribution >= 0.6 is 31.9 Å². The first-order valence-electron chi connectivity index (χ1n) is 5.57. The van der Waals surface area contributed by atoms with E-state index in [4.69, 9.17) is 0 Å². The molecule has 3 aromatic rings. The number of halogens is 4. The molecule has 0 spiro atoms. The van der Waals surface area contributed by atoms with Gasteiger partial charge in [0, 0.05) is 0 Å². The summed E-state index contributed by atoms with van der Waals surface area (Å²) in [6, 6.07) is 2.55. The Kier molecular flexibility index (Phi) is 3.72. The zero-order valence-electron chi connectivity index (χ0n) is 10.1. The summed E-state index contributed by atoms with van der Waals surface area (Å²) in [7, 11) is 0. The van der Waals surface area contributed by atoms with E-state index >= 15 is 0 Å². The van der Waals surface area contributed by atoms with Gasteiger partial charge in [-0.1, -0.05) is 0 Å². The number of hydrogen-bond acceptors (Lipinski definition) is 5. The fourth-order valence-electron chi connectivity index (χ4n) is 1.59. The van der Waals surface area contributed by atoms with E-state index in [9.17, 15) is 8.78 Å². The maximum absolute atomic E-state index is 13.2. The van der Waals surface area contributed by atoms with Gasteiger partial charge < -0.3 is 0 Å². The van der Waals surface area contributed by atoms with Crippen molar-refractivity contribution in [1.82, 2.24) is 19.6 Å². The Balaban J connectivity index is 1.83. The quantitative estimate of drug-likeness (QED) is 0.637. The summed E-state index contributed by atoms with van der Waals surface area (Å²) in [5.74, 6) is -0.334.